The summed E-state index contributed by atoms with van der Waals surface area (Å²) in [4.78, 5) is 35.4. The Kier molecular flexibility index (Phi) is 7.89. The number of carboxylic acid groups (broad SMARTS) is 1. The van der Waals surface area contributed by atoms with E-state index in [-0.39, 0.29) is 12.8 Å². The summed E-state index contributed by atoms with van der Waals surface area (Å²) >= 11 is 0. The number of ether oxygens (including phenoxy) is 2. The minimum atomic E-state index is -1.90. The van der Waals surface area contributed by atoms with E-state index in [1.165, 1.54) is 0 Å². The number of hydrogen-bond donors (Lipinski definition) is 2. The summed E-state index contributed by atoms with van der Waals surface area (Å²) in [5.41, 5.74) is 2.61. The van der Waals surface area contributed by atoms with Gasteiger partial charge in [0.2, 0.25) is 5.54 Å². The van der Waals surface area contributed by atoms with Crippen molar-refractivity contribution in [1.82, 2.24) is 0 Å². The van der Waals surface area contributed by atoms with Crippen LogP contribution in [0.4, 0.5) is 0 Å². The molecule has 24 heavy (non-hydrogen) atoms. The molecular formula is C17H31NO6. The molecule has 0 unspecified atom stereocenters. The molecule has 0 aliphatic rings. The Hall–Kier alpha value is -1.63. The van der Waals surface area contributed by atoms with E-state index < -0.39 is 34.6 Å². The second-order valence-electron chi connectivity index (χ2n) is 7.93. The Morgan fingerprint density at radius 3 is 1.58 bits per heavy atom. The average Bonchev–Trinajstić information content (AvgIpc) is 2.33. The van der Waals surface area contributed by atoms with Gasteiger partial charge in [0.1, 0.15) is 11.2 Å². The molecule has 0 bridgehead atoms. The quantitative estimate of drug-likeness (QED) is 0.394. The molecule has 7 nitrogen and oxygen atoms in total. The lowest BCUT2D eigenvalue weighted by Crippen LogP contribution is -2.59. The summed E-state index contributed by atoms with van der Waals surface area (Å²) in [5.74, 6) is -2.54. The fourth-order valence-corrected chi connectivity index (χ4v) is 1.88. The largest absolute Gasteiger partial charge is 0.481 e. The molecule has 0 saturated heterocycles. The van der Waals surface area contributed by atoms with E-state index in [1.54, 1.807) is 41.5 Å². The number of carboxylic acids is 1. The first-order valence-electron chi connectivity index (χ1n) is 8.15. The SMILES string of the molecule is CC(C)(C)OC(=O)C(N)(CCCCCC(=O)O)C(=O)OC(C)(C)C. The van der Waals surface area contributed by atoms with Crippen molar-refractivity contribution in [1.29, 1.82) is 0 Å². The molecule has 0 spiro atoms. The first kappa shape index (κ1) is 22.4. The Bertz CT molecular complexity index is 431. The van der Waals surface area contributed by atoms with Crippen LogP contribution in [-0.4, -0.2) is 39.8 Å². The topological polar surface area (TPSA) is 116 Å². The van der Waals surface area contributed by atoms with Crippen molar-refractivity contribution >= 4 is 17.9 Å². The van der Waals surface area contributed by atoms with Crippen molar-refractivity contribution in [2.24, 2.45) is 5.73 Å². The highest BCUT2D eigenvalue weighted by Gasteiger charge is 2.47. The van der Waals surface area contributed by atoms with Gasteiger partial charge in [0, 0.05) is 6.42 Å². The molecule has 0 aromatic rings. The molecule has 0 aliphatic heterocycles. The standard InChI is InChI=1S/C17H31NO6/c1-15(2,3)23-13(21)17(18,14(22)24-16(4,5)6)11-9-7-8-10-12(19)20/h7-11,18H2,1-6H3,(H,19,20). The van der Waals surface area contributed by atoms with Gasteiger partial charge in [-0.15, -0.1) is 0 Å². The maximum absolute atomic E-state index is 12.4. The molecule has 0 aromatic heterocycles. The minimum Gasteiger partial charge on any atom is -0.481 e. The zero-order chi connectivity index (χ0) is 19.2. The fraction of sp³-hybridized carbons (Fsp3) is 0.824. The summed E-state index contributed by atoms with van der Waals surface area (Å²) < 4.78 is 10.5. The van der Waals surface area contributed by atoms with Crippen LogP contribution in [0.15, 0.2) is 0 Å². The number of nitrogens with two attached hydrogens (primary N) is 1. The third-order valence-corrected chi connectivity index (χ3v) is 2.99. The van der Waals surface area contributed by atoms with Gasteiger partial charge in [0.05, 0.1) is 0 Å². The number of esters is 2. The van der Waals surface area contributed by atoms with Gasteiger partial charge in [0.15, 0.2) is 0 Å². The molecule has 7 heteroatoms. The molecule has 0 heterocycles. The van der Waals surface area contributed by atoms with Gasteiger partial charge < -0.3 is 20.3 Å². The lowest BCUT2D eigenvalue weighted by atomic mass is 9.92. The Morgan fingerprint density at radius 1 is 0.833 bits per heavy atom. The maximum Gasteiger partial charge on any atom is 0.338 e. The molecule has 0 radical (unpaired) electrons. The van der Waals surface area contributed by atoms with E-state index in [2.05, 4.69) is 0 Å². The smallest absolute Gasteiger partial charge is 0.338 e. The molecular weight excluding hydrogens is 314 g/mol. The average molecular weight is 345 g/mol. The Labute approximate surface area is 143 Å². The molecule has 0 rings (SSSR count). The van der Waals surface area contributed by atoms with Crippen LogP contribution in [-0.2, 0) is 23.9 Å². The Balaban J connectivity index is 5.03. The number of unbranched alkanes of at least 4 members (excludes halogenated alkanes) is 2. The molecule has 0 atom stereocenters. The van der Waals surface area contributed by atoms with E-state index in [4.69, 9.17) is 20.3 Å². The molecule has 0 fully saturated rings. The highest BCUT2D eigenvalue weighted by atomic mass is 16.6. The first-order chi connectivity index (χ1) is 10.7. The van der Waals surface area contributed by atoms with Gasteiger partial charge in [-0.05, 0) is 54.4 Å². The van der Waals surface area contributed by atoms with Crippen molar-refractivity contribution in [2.45, 2.75) is 90.4 Å². The third-order valence-electron chi connectivity index (χ3n) is 2.99. The number of carbonyl (C=O) groups excluding carboxylic acids is 2. The number of aliphatic carboxylic acids is 1. The summed E-state index contributed by atoms with van der Waals surface area (Å²) in [5, 5.41) is 8.63. The molecule has 3 N–H and O–H groups in total. The normalized spacial score (nSPS) is 12.6. The van der Waals surface area contributed by atoms with Crippen molar-refractivity contribution in [3.63, 3.8) is 0 Å². The van der Waals surface area contributed by atoms with E-state index >= 15 is 0 Å². The van der Waals surface area contributed by atoms with Crippen LogP contribution in [0, 0.1) is 0 Å². The van der Waals surface area contributed by atoms with Gasteiger partial charge in [-0.3, -0.25) is 4.79 Å². The highest BCUT2D eigenvalue weighted by Crippen LogP contribution is 2.23. The molecule has 0 aromatic carbocycles. The second kappa shape index (κ2) is 8.46. The minimum absolute atomic E-state index is 0.0381. The molecule has 0 amide bonds. The third kappa shape index (κ3) is 8.86. The fourth-order valence-electron chi connectivity index (χ4n) is 1.88. The van der Waals surface area contributed by atoms with E-state index in [0.717, 1.165) is 0 Å². The number of rotatable bonds is 8. The van der Waals surface area contributed by atoms with Gasteiger partial charge in [0.25, 0.3) is 0 Å². The highest BCUT2D eigenvalue weighted by molar-refractivity contribution is 6.04. The number of hydrogen-bond acceptors (Lipinski definition) is 6. The van der Waals surface area contributed by atoms with Gasteiger partial charge in [-0.25, -0.2) is 9.59 Å². The van der Waals surface area contributed by atoms with E-state index in [1.807, 2.05) is 0 Å². The predicted octanol–water partition coefficient (Wildman–Crippen LogP) is 2.40. The first-order valence-corrected chi connectivity index (χ1v) is 8.15. The van der Waals surface area contributed by atoms with Crippen LogP contribution >= 0.6 is 0 Å². The van der Waals surface area contributed by atoms with Crippen molar-refractivity contribution < 1.29 is 29.0 Å². The molecule has 140 valence electrons. The Morgan fingerprint density at radius 2 is 1.25 bits per heavy atom. The van der Waals surface area contributed by atoms with Crippen LogP contribution < -0.4 is 5.73 Å². The zero-order valence-corrected chi connectivity index (χ0v) is 15.6. The molecule has 0 saturated carbocycles. The monoisotopic (exact) mass is 345 g/mol. The van der Waals surface area contributed by atoms with Crippen LogP contribution in [0.25, 0.3) is 0 Å². The van der Waals surface area contributed by atoms with Crippen LogP contribution in [0.2, 0.25) is 0 Å². The van der Waals surface area contributed by atoms with Crippen LogP contribution in [0.3, 0.4) is 0 Å². The predicted molar refractivity (Wildman–Crippen MR) is 89.3 cm³/mol. The summed E-state index contributed by atoms with van der Waals surface area (Å²) in [6.45, 7) is 10.1. The van der Waals surface area contributed by atoms with Gasteiger partial charge in [-0.1, -0.05) is 12.8 Å². The summed E-state index contributed by atoms with van der Waals surface area (Å²) in [7, 11) is 0. The summed E-state index contributed by atoms with van der Waals surface area (Å²) in [6.07, 6.45) is 1.49. The van der Waals surface area contributed by atoms with Crippen molar-refractivity contribution in [2.75, 3.05) is 0 Å². The van der Waals surface area contributed by atoms with Gasteiger partial charge >= 0.3 is 17.9 Å². The van der Waals surface area contributed by atoms with Crippen molar-refractivity contribution in [3.8, 4) is 0 Å². The van der Waals surface area contributed by atoms with Crippen molar-refractivity contribution in [3.05, 3.63) is 0 Å². The van der Waals surface area contributed by atoms with Crippen LogP contribution in [0.5, 0.6) is 0 Å². The van der Waals surface area contributed by atoms with Crippen LogP contribution in [0.1, 0.15) is 73.6 Å². The van der Waals surface area contributed by atoms with E-state index in [9.17, 15) is 14.4 Å². The lowest BCUT2D eigenvalue weighted by Gasteiger charge is -2.32. The molecule has 0 aliphatic carbocycles. The van der Waals surface area contributed by atoms with E-state index in [0.29, 0.717) is 19.3 Å². The number of carbonyl (C=O) groups is 3. The zero-order valence-electron chi connectivity index (χ0n) is 15.6. The van der Waals surface area contributed by atoms with Gasteiger partial charge in [-0.2, -0.15) is 0 Å². The lowest BCUT2D eigenvalue weighted by molar-refractivity contribution is -0.177. The second-order valence-corrected chi connectivity index (χ2v) is 7.93. The summed E-state index contributed by atoms with van der Waals surface area (Å²) in [6, 6.07) is 0. The maximum atomic E-state index is 12.4.